The number of amides is 2. The lowest BCUT2D eigenvalue weighted by molar-refractivity contribution is 0.262. The van der Waals surface area contributed by atoms with Crippen LogP contribution in [0.2, 0.25) is 0 Å². The molecular weight excluding hydrogens is 402 g/mol. The van der Waals surface area contributed by atoms with E-state index < -0.39 is 6.03 Å². The summed E-state index contributed by atoms with van der Waals surface area (Å²) >= 11 is 0. The molecular formula is C21H23N5O5. The SMILES string of the molecule is COc1cc(NC(=O)Nc2cc(Nc3cc(OC)cc(OC)c3)ncn2)cc(OC)c1. The first-order valence-corrected chi connectivity index (χ1v) is 9.16. The first-order chi connectivity index (χ1) is 15.0. The van der Waals surface area contributed by atoms with E-state index in [9.17, 15) is 4.79 Å². The molecule has 162 valence electrons. The molecule has 3 N–H and O–H groups in total. The lowest BCUT2D eigenvalue weighted by atomic mass is 10.2. The van der Waals surface area contributed by atoms with Crippen molar-refractivity contribution < 1.29 is 23.7 Å². The molecule has 0 bridgehead atoms. The molecule has 2 amide bonds. The fourth-order valence-electron chi connectivity index (χ4n) is 2.68. The first-order valence-electron chi connectivity index (χ1n) is 9.16. The second-order valence-electron chi connectivity index (χ2n) is 6.20. The van der Waals surface area contributed by atoms with E-state index in [1.54, 1.807) is 56.7 Å². The quantitative estimate of drug-likeness (QED) is 0.498. The van der Waals surface area contributed by atoms with Gasteiger partial charge in [-0.15, -0.1) is 0 Å². The Hall–Kier alpha value is -4.21. The normalized spacial score (nSPS) is 10.1. The average Bonchev–Trinajstić information content (AvgIpc) is 2.78. The van der Waals surface area contributed by atoms with E-state index in [1.165, 1.54) is 20.5 Å². The van der Waals surface area contributed by atoms with E-state index in [1.807, 2.05) is 0 Å². The number of carbonyl (C=O) groups excluding carboxylic acids is 1. The molecule has 0 spiro atoms. The van der Waals surface area contributed by atoms with Crippen molar-refractivity contribution in [1.82, 2.24) is 9.97 Å². The molecule has 10 nitrogen and oxygen atoms in total. The number of methoxy groups -OCH3 is 4. The molecule has 10 heteroatoms. The molecule has 0 fully saturated rings. The summed E-state index contributed by atoms with van der Waals surface area (Å²) in [6, 6.07) is 11.5. The third kappa shape index (κ3) is 5.89. The van der Waals surface area contributed by atoms with Crippen LogP contribution in [0, 0.1) is 0 Å². The Kier molecular flexibility index (Phi) is 6.94. The third-order valence-corrected chi connectivity index (χ3v) is 4.14. The van der Waals surface area contributed by atoms with Crippen LogP contribution in [0.1, 0.15) is 0 Å². The molecule has 0 aliphatic rings. The standard InChI is InChI=1S/C21H23N5O5/c1-28-15-5-13(6-16(9-15)29-2)24-19-11-20(23-12-22-19)26-21(27)25-14-7-17(30-3)10-18(8-14)31-4/h5-12H,1-4H3,(H3,22,23,24,25,26,27). The van der Waals surface area contributed by atoms with Crippen LogP contribution < -0.4 is 34.9 Å². The van der Waals surface area contributed by atoms with Gasteiger partial charge in [0.15, 0.2) is 0 Å². The zero-order chi connectivity index (χ0) is 22.2. The molecule has 3 rings (SSSR count). The Balaban J connectivity index is 1.70. The van der Waals surface area contributed by atoms with E-state index in [0.29, 0.717) is 46.0 Å². The molecule has 0 unspecified atom stereocenters. The highest BCUT2D eigenvalue weighted by Gasteiger charge is 2.09. The highest BCUT2D eigenvalue weighted by molar-refractivity contribution is 5.99. The van der Waals surface area contributed by atoms with Gasteiger partial charge in [0.2, 0.25) is 0 Å². The maximum absolute atomic E-state index is 12.4. The van der Waals surface area contributed by atoms with Crippen LogP contribution in [0.3, 0.4) is 0 Å². The first kappa shape index (κ1) is 21.5. The van der Waals surface area contributed by atoms with Crippen LogP contribution in [-0.4, -0.2) is 44.4 Å². The van der Waals surface area contributed by atoms with Crippen molar-refractivity contribution in [2.24, 2.45) is 0 Å². The fourth-order valence-corrected chi connectivity index (χ4v) is 2.68. The predicted octanol–water partition coefficient (Wildman–Crippen LogP) is 3.90. The van der Waals surface area contributed by atoms with Crippen molar-refractivity contribution in [1.29, 1.82) is 0 Å². The van der Waals surface area contributed by atoms with Crippen molar-refractivity contribution in [2.75, 3.05) is 44.4 Å². The van der Waals surface area contributed by atoms with Crippen molar-refractivity contribution in [3.05, 3.63) is 48.8 Å². The highest BCUT2D eigenvalue weighted by atomic mass is 16.5. The van der Waals surface area contributed by atoms with Crippen molar-refractivity contribution in [2.45, 2.75) is 0 Å². The summed E-state index contributed by atoms with van der Waals surface area (Å²) in [5, 5.41) is 8.51. The van der Waals surface area contributed by atoms with Gasteiger partial charge in [0.25, 0.3) is 0 Å². The summed E-state index contributed by atoms with van der Waals surface area (Å²) in [5.74, 6) is 3.14. The Morgan fingerprint density at radius 3 is 1.65 bits per heavy atom. The number of hydrogen-bond donors (Lipinski definition) is 3. The Bertz CT molecular complexity index is 1020. The minimum absolute atomic E-state index is 0.305. The van der Waals surface area contributed by atoms with Crippen molar-refractivity contribution in [3.8, 4) is 23.0 Å². The van der Waals surface area contributed by atoms with Gasteiger partial charge < -0.3 is 29.6 Å². The largest absolute Gasteiger partial charge is 0.497 e. The molecule has 3 aromatic rings. The summed E-state index contributed by atoms with van der Waals surface area (Å²) in [7, 11) is 6.21. The van der Waals surface area contributed by atoms with Crippen molar-refractivity contribution >= 4 is 29.0 Å². The van der Waals surface area contributed by atoms with E-state index in [2.05, 4.69) is 25.9 Å². The summed E-state index contributed by atoms with van der Waals surface area (Å²) in [6.07, 6.45) is 1.34. The molecule has 0 aliphatic carbocycles. The van der Waals surface area contributed by atoms with Crippen LogP contribution in [-0.2, 0) is 0 Å². The number of urea groups is 1. The second-order valence-corrected chi connectivity index (χ2v) is 6.20. The molecule has 0 radical (unpaired) electrons. The highest BCUT2D eigenvalue weighted by Crippen LogP contribution is 2.28. The molecule has 31 heavy (non-hydrogen) atoms. The third-order valence-electron chi connectivity index (χ3n) is 4.14. The molecule has 1 heterocycles. The van der Waals surface area contributed by atoms with Crippen LogP contribution in [0.25, 0.3) is 0 Å². The Morgan fingerprint density at radius 1 is 0.645 bits per heavy atom. The number of rotatable bonds is 8. The number of benzene rings is 2. The van der Waals surface area contributed by atoms with Gasteiger partial charge in [0, 0.05) is 53.8 Å². The zero-order valence-electron chi connectivity index (χ0n) is 17.6. The maximum atomic E-state index is 12.4. The maximum Gasteiger partial charge on any atom is 0.324 e. The number of nitrogens with zero attached hydrogens (tertiary/aromatic N) is 2. The fraction of sp³-hybridized carbons (Fsp3) is 0.190. The number of carbonyl (C=O) groups is 1. The lowest BCUT2D eigenvalue weighted by Crippen LogP contribution is -2.20. The van der Waals surface area contributed by atoms with E-state index in [4.69, 9.17) is 18.9 Å². The monoisotopic (exact) mass is 425 g/mol. The summed E-state index contributed by atoms with van der Waals surface area (Å²) in [5.41, 5.74) is 1.21. The number of anilines is 4. The molecule has 2 aromatic carbocycles. The van der Waals surface area contributed by atoms with Gasteiger partial charge >= 0.3 is 6.03 Å². The number of aromatic nitrogens is 2. The summed E-state index contributed by atoms with van der Waals surface area (Å²) < 4.78 is 20.9. The second kappa shape index (κ2) is 10.0. The van der Waals surface area contributed by atoms with Gasteiger partial charge in [-0.1, -0.05) is 0 Å². The molecule has 0 atom stereocenters. The van der Waals surface area contributed by atoms with E-state index in [-0.39, 0.29) is 0 Å². The van der Waals surface area contributed by atoms with Gasteiger partial charge in [0.05, 0.1) is 28.4 Å². The van der Waals surface area contributed by atoms with Gasteiger partial charge in [-0.05, 0) is 0 Å². The summed E-state index contributed by atoms with van der Waals surface area (Å²) in [4.78, 5) is 20.6. The van der Waals surface area contributed by atoms with Gasteiger partial charge in [-0.25, -0.2) is 14.8 Å². The molecule has 0 saturated carbocycles. The van der Waals surface area contributed by atoms with Gasteiger partial charge in [-0.3, -0.25) is 5.32 Å². The average molecular weight is 425 g/mol. The Morgan fingerprint density at radius 2 is 1.13 bits per heavy atom. The van der Waals surface area contributed by atoms with Gasteiger partial charge in [-0.2, -0.15) is 0 Å². The number of nitrogens with one attached hydrogen (secondary N) is 3. The molecule has 1 aromatic heterocycles. The van der Waals surface area contributed by atoms with Crippen LogP contribution in [0.5, 0.6) is 23.0 Å². The van der Waals surface area contributed by atoms with E-state index >= 15 is 0 Å². The van der Waals surface area contributed by atoms with Crippen LogP contribution in [0.15, 0.2) is 48.8 Å². The minimum Gasteiger partial charge on any atom is -0.497 e. The van der Waals surface area contributed by atoms with Gasteiger partial charge in [0.1, 0.15) is 41.0 Å². The summed E-state index contributed by atoms with van der Waals surface area (Å²) in [6.45, 7) is 0. The zero-order valence-corrected chi connectivity index (χ0v) is 17.6. The topological polar surface area (TPSA) is 116 Å². The molecule has 0 aliphatic heterocycles. The minimum atomic E-state index is -0.483. The van der Waals surface area contributed by atoms with Crippen molar-refractivity contribution in [3.63, 3.8) is 0 Å². The van der Waals surface area contributed by atoms with Crippen LogP contribution in [0.4, 0.5) is 27.8 Å². The Labute approximate surface area is 179 Å². The predicted molar refractivity (Wildman–Crippen MR) is 117 cm³/mol. The number of ether oxygens (including phenoxy) is 4. The molecule has 0 saturated heterocycles. The number of hydrogen-bond acceptors (Lipinski definition) is 8. The lowest BCUT2D eigenvalue weighted by Gasteiger charge is -2.12. The smallest absolute Gasteiger partial charge is 0.324 e. The van der Waals surface area contributed by atoms with Crippen LogP contribution >= 0.6 is 0 Å². The van der Waals surface area contributed by atoms with E-state index in [0.717, 1.165) is 0 Å².